The van der Waals surface area contributed by atoms with E-state index < -0.39 is 0 Å². The molecule has 0 amide bonds. The molecule has 0 unspecified atom stereocenters. The van der Waals surface area contributed by atoms with Crippen LogP contribution in [0.4, 0.5) is 0 Å². The van der Waals surface area contributed by atoms with Crippen molar-refractivity contribution in [3.05, 3.63) is 11.6 Å². The van der Waals surface area contributed by atoms with Crippen molar-refractivity contribution in [2.75, 3.05) is 32.4 Å². The maximum absolute atomic E-state index is 4.46. The average molecular weight is 325 g/mol. The topological polar surface area (TPSA) is 40.5 Å². The number of hydrogen-bond acceptors (Lipinski definition) is 4. The Labute approximate surface area is 135 Å². The molecule has 1 aliphatic carbocycles. The summed E-state index contributed by atoms with van der Waals surface area (Å²) in [5.41, 5.74) is 0.637. The van der Waals surface area contributed by atoms with E-state index >= 15 is 0 Å². The lowest BCUT2D eigenvalue weighted by Gasteiger charge is -2.38. The number of guanidine groups is 1. The van der Waals surface area contributed by atoms with Crippen molar-refractivity contribution in [1.29, 1.82) is 0 Å². The van der Waals surface area contributed by atoms with Gasteiger partial charge in [0.1, 0.15) is 4.34 Å². The highest BCUT2D eigenvalue weighted by molar-refractivity contribution is 8.00. The lowest BCUT2D eigenvalue weighted by molar-refractivity contribution is 0.151. The maximum atomic E-state index is 4.46. The first kappa shape index (κ1) is 15.2. The van der Waals surface area contributed by atoms with Crippen LogP contribution in [0.25, 0.3) is 0 Å². The fourth-order valence-electron chi connectivity index (χ4n) is 3.25. The minimum Gasteiger partial charge on any atom is -0.356 e. The Morgan fingerprint density at radius 2 is 2.43 bits per heavy atom. The molecule has 0 atom stereocenters. The Balaban J connectivity index is 1.35. The van der Waals surface area contributed by atoms with Gasteiger partial charge < -0.3 is 10.2 Å². The summed E-state index contributed by atoms with van der Waals surface area (Å²) in [7, 11) is 1.90. The van der Waals surface area contributed by atoms with Gasteiger partial charge in [-0.2, -0.15) is 0 Å². The quantitative estimate of drug-likeness (QED) is 0.391. The molecule has 1 spiro atoms. The van der Waals surface area contributed by atoms with E-state index in [9.17, 15) is 0 Å². The van der Waals surface area contributed by atoms with Crippen LogP contribution in [-0.2, 0) is 0 Å². The van der Waals surface area contributed by atoms with Crippen molar-refractivity contribution in [1.82, 2.24) is 15.2 Å². The van der Waals surface area contributed by atoms with Crippen molar-refractivity contribution in [2.45, 2.75) is 36.4 Å². The van der Waals surface area contributed by atoms with Crippen molar-refractivity contribution in [2.24, 2.45) is 10.4 Å². The van der Waals surface area contributed by atoms with Crippen LogP contribution in [0.2, 0.25) is 0 Å². The predicted octanol–water partition coefficient (Wildman–Crippen LogP) is 3.08. The smallest absolute Gasteiger partial charge is 0.193 e. The number of nitrogens with one attached hydrogen (secondary N) is 1. The standard InChI is InChI=1S/C15H24N4S2/c1-16-13(19-9-6-15(12-19)4-2-5-15)17-7-3-10-20-14-18-8-11-21-14/h8,11H,2-7,9-10,12H2,1H3,(H,16,17). The van der Waals surface area contributed by atoms with Gasteiger partial charge in [0, 0.05) is 44.0 Å². The Bertz CT molecular complexity index is 468. The summed E-state index contributed by atoms with van der Waals surface area (Å²) in [6.07, 6.45) is 8.64. The molecule has 0 aromatic carbocycles. The first-order valence-electron chi connectivity index (χ1n) is 7.79. The largest absolute Gasteiger partial charge is 0.356 e. The number of likely N-dealkylation sites (tertiary alicyclic amines) is 1. The minimum atomic E-state index is 0.637. The third-order valence-corrected chi connectivity index (χ3v) is 6.66. The van der Waals surface area contributed by atoms with Crippen LogP contribution < -0.4 is 5.32 Å². The molecule has 2 heterocycles. The SMILES string of the molecule is CN=C(NCCCSc1nccs1)N1CCC2(CCC2)C1. The average Bonchev–Trinajstić information content (AvgIpc) is 3.11. The van der Waals surface area contributed by atoms with Crippen molar-refractivity contribution in [3.63, 3.8) is 0 Å². The normalized spacial score (nSPS) is 20.8. The summed E-state index contributed by atoms with van der Waals surface area (Å²) in [6.45, 7) is 3.38. The molecule has 2 fully saturated rings. The van der Waals surface area contributed by atoms with E-state index in [-0.39, 0.29) is 0 Å². The summed E-state index contributed by atoms with van der Waals surface area (Å²) in [4.78, 5) is 11.2. The Morgan fingerprint density at radius 3 is 3.05 bits per heavy atom. The molecular formula is C15H24N4S2. The third kappa shape index (κ3) is 3.72. The van der Waals surface area contributed by atoms with Crippen LogP contribution in [0.15, 0.2) is 20.9 Å². The number of aliphatic imine (C=N–C) groups is 1. The van der Waals surface area contributed by atoms with E-state index in [0.29, 0.717) is 5.41 Å². The van der Waals surface area contributed by atoms with E-state index in [1.54, 1.807) is 11.3 Å². The molecule has 3 rings (SSSR count). The van der Waals surface area contributed by atoms with E-state index in [2.05, 4.69) is 20.2 Å². The van der Waals surface area contributed by atoms with E-state index in [1.807, 2.05) is 30.4 Å². The van der Waals surface area contributed by atoms with Gasteiger partial charge in [0.25, 0.3) is 0 Å². The zero-order valence-electron chi connectivity index (χ0n) is 12.7. The Morgan fingerprint density at radius 1 is 1.52 bits per heavy atom. The first-order valence-corrected chi connectivity index (χ1v) is 9.66. The monoisotopic (exact) mass is 324 g/mol. The summed E-state index contributed by atoms with van der Waals surface area (Å²) < 4.78 is 1.17. The molecule has 0 radical (unpaired) electrons. The van der Waals surface area contributed by atoms with Gasteiger partial charge in [0.15, 0.2) is 5.96 Å². The summed E-state index contributed by atoms with van der Waals surface area (Å²) in [6, 6.07) is 0. The minimum absolute atomic E-state index is 0.637. The van der Waals surface area contributed by atoms with Gasteiger partial charge in [0.05, 0.1) is 0 Å². The molecule has 1 N–H and O–H groups in total. The fourth-order valence-corrected chi connectivity index (χ4v) is 4.89. The maximum Gasteiger partial charge on any atom is 0.193 e. The molecule has 2 aliphatic rings. The highest BCUT2D eigenvalue weighted by atomic mass is 32.2. The number of thiazole rings is 1. The summed E-state index contributed by atoms with van der Waals surface area (Å²) >= 11 is 3.57. The van der Waals surface area contributed by atoms with Crippen molar-refractivity contribution >= 4 is 29.1 Å². The molecule has 21 heavy (non-hydrogen) atoms. The fraction of sp³-hybridized carbons (Fsp3) is 0.733. The molecule has 1 saturated heterocycles. The number of thioether (sulfide) groups is 1. The lowest BCUT2D eigenvalue weighted by atomic mass is 9.68. The second kappa shape index (κ2) is 7.01. The van der Waals surface area contributed by atoms with Crippen LogP contribution >= 0.6 is 23.1 Å². The summed E-state index contributed by atoms with van der Waals surface area (Å²) in [5.74, 6) is 2.21. The molecule has 1 saturated carbocycles. The first-order chi connectivity index (χ1) is 10.3. The van der Waals surface area contributed by atoms with Crippen LogP contribution in [0.3, 0.4) is 0 Å². The second-order valence-electron chi connectivity index (χ2n) is 6.00. The summed E-state index contributed by atoms with van der Waals surface area (Å²) in [5, 5.41) is 5.56. The molecule has 1 aromatic heterocycles. The molecule has 1 aromatic rings. The van der Waals surface area contributed by atoms with Gasteiger partial charge >= 0.3 is 0 Å². The van der Waals surface area contributed by atoms with Crippen LogP contribution in [0.1, 0.15) is 32.1 Å². The Kier molecular flexibility index (Phi) is 5.06. The van der Waals surface area contributed by atoms with Gasteiger partial charge in [-0.15, -0.1) is 11.3 Å². The molecule has 6 heteroatoms. The molecule has 116 valence electrons. The van der Waals surface area contributed by atoms with E-state index in [4.69, 9.17) is 0 Å². The van der Waals surface area contributed by atoms with Gasteiger partial charge in [0.2, 0.25) is 0 Å². The van der Waals surface area contributed by atoms with E-state index in [1.165, 1.54) is 43.1 Å². The third-order valence-electron chi connectivity index (χ3n) is 4.60. The number of aromatic nitrogens is 1. The number of hydrogen-bond donors (Lipinski definition) is 1. The molecular weight excluding hydrogens is 300 g/mol. The highest BCUT2D eigenvalue weighted by Gasteiger charge is 2.43. The highest BCUT2D eigenvalue weighted by Crippen LogP contribution is 2.47. The van der Waals surface area contributed by atoms with Crippen LogP contribution in [-0.4, -0.2) is 48.3 Å². The Hall–Kier alpha value is -0.750. The lowest BCUT2D eigenvalue weighted by Crippen LogP contribution is -2.42. The van der Waals surface area contributed by atoms with Gasteiger partial charge in [-0.05, 0) is 31.1 Å². The van der Waals surface area contributed by atoms with Gasteiger partial charge in [-0.3, -0.25) is 4.99 Å². The second-order valence-corrected chi connectivity index (χ2v) is 8.24. The number of nitrogens with zero attached hydrogens (tertiary/aromatic N) is 3. The molecule has 0 bridgehead atoms. The van der Waals surface area contributed by atoms with Gasteiger partial charge in [-0.1, -0.05) is 18.2 Å². The zero-order chi connectivity index (χ0) is 14.5. The van der Waals surface area contributed by atoms with E-state index in [0.717, 1.165) is 24.7 Å². The number of rotatable bonds is 5. The molecule has 1 aliphatic heterocycles. The van der Waals surface area contributed by atoms with Gasteiger partial charge in [-0.25, -0.2) is 4.98 Å². The van der Waals surface area contributed by atoms with Crippen LogP contribution in [0.5, 0.6) is 0 Å². The van der Waals surface area contributed by atoms with Crippen molar-refractivity contribution < 1.29 is 0 Å². The predicted molar refractivity (Wildman–Crippen MR) is 91.3 cm³/mol. The zero-order valence-corrected chi connectivity index (χ0v) is 14.3. The van der Waals surface area contributed by atoms with Crippen molar-refractivity contribution in [3.8, 4) is 0 Å². The van der Waals surface area contributed by atoms with Crippen LogP contribution in [0, 0.1) is 5.41 Å². The molecule has 4 nitrogen and oxygen atoms in total.